The van der Waals surface area contributed by atoms with Gasteiger partial charge in [-0.3, -0.25) is 0 Å². The highest BCUT2D eigenvalue weighted by molar-refractivity contribution is 6.44. The Labute approximate surface area is 102 Å². The van der Waals surface area contributed by atoms with Crippen LogP contribution in [0.25, 0.3) is 11.0 Å². The monoisotopic (exact) mass is 255 g/mol. The van der Waals surface area contributed by atoms with Crippen LogP contribution < -0.4 is 4.74 Å². The van der Waals surface area contributed by atoms with Gasteiger partial charge in [-0.15, -0.1) is 0 Å². The summed E-state index contributed by atoms with van der Waals surface area (Å²) in [4.78, 5) is 0. The molecular weight excluding hydrogens is 249 g/mol. The molecule has 0 spiro atoms. The highest BCUT2D eigenvalue weighted by atomic mass is 35.5. The maximum Gasteiger partial charge on any atom is 0.213 e. The normalized spacial score (nSPS) is 10.3. The number of hydrogen-bond donors (Lipinski definition) is 0. The first-order chi connectivity index (χ1) is 7.72. The zero-order chi connectivity index (χ0) is 11.5. The van der Waals surface area contributed by atoms with E-state index in [0.29, 0.717) is 34.8 Å². The summed E-state index contributed by atoms with van der Waals surface area (Å²) in [6, 6.07) is 7.22. The van der Waals surface area contributed by atoms with Gasteiger partial charge in [-0.05, 0) is 29.8 Å². The molecule has 3 nitrogen and oxygen atoms in total. The second kappa shape index (κ2) is 4.65. The van der Waals surface area contributed by atoms with Gasteiger partial charge in [-0.25, -0.2) is 0 Å². The van der Waals surface area contributed by atoms with Gasteiger partial charge in [-0.1, -0.05) is 11.6 Å². The Morgan fingerprint density at radius 2 is 2.19 bits per heavy atom. The van der Waals surface area contributed by atoms with E-state index >= 15 is 0 Å². The van der Waals surface area contributed by atoms with Crippen molar-refractivity contribution < 1.29 is 9.15 Å². The van der Waals surface area contributed by atoms with Crippen molar-refractivity contribution in [2.24, 2.45) is 0 Å². The van der Waals surface area contributed by atoms with Gasteiger partial charge in [0.2, 0.25) is 5.22 Å². The Bertz CT molecular complexity index is 557. The van der Waals surface area contributed by atoms with E-state index in [4.69, 9.17) is 37.6 Å². The van der Waals surface area contributed by atoms with E-state index in [1.165, 1.54) is 0 Å². The summed E-state index contributed by atoms with van der Waals surface area (Å²) in [5.41, 5.74) is 0.614. The van der Waals surface area contributed by atoms with Crippen molar-refractivity contribution in [1.29, 1.82) is 5.26 Å². The van der Waals surface area contributed by atoms with Crippen LogP contribution in [0.15, 0.2) is 22.6 Å². The summed E-state index contributed by atoms with van der Waals surface area (Å²) >= 11 is 11.7. The van der Waals surface area contributed by atoms with Crippen LogP contribution in [0.4, 0.5) is 0 Å². The molecule has 0 fully saturated rings. The third-order valence-electron chi connectivity index (χ3n) is 2.04. The Hall–Kier alpha value is -1.37. The van der Waals surface area contributed by atoms with E-state index in [2.05, 4.69) is 0 Å². The fourth-order valence-electron chi connectivity index (χ4n) is 1.32. The standard InChI is InChI=1S/C11H7Cl2NO2/c12-10-8-6-7(15-5-1-4-14)2-3-9(8)16-11(10)13/h2-3,6H,1,5H2. The minimum absolute atomic E-state index is 0.172. The average Bonchev–Trinajstić information content (AvgIpc) is 2.56. The van der Waals surface area contributed by atoms with Gasteiger partial charge in [0.15, 0.2) is 0 Å². The van der Waals surface area contributed by atoms with E-state index in [-0.39, 0.29) is 5.22 Å². The molecule has 0 aliphatic heterocycles. The van der Waals surface area contributed by atoms with Gasteiger partial charge < -0.3 is 9.15 Å². The third kappa shape index (κ3) is 2.08. The molecule has 0 atom stereocenters. The van der Waals surface area contributed by atoms with Crippen LogP contribution >= 0.6 is 23.2 Å². The zero-order valence-electron chi connectivity index (χ0n) is 8.17. The molecule has 0 aliphatic carbocycles. The summed E-state index contributed by atoms with van der Waals surface area (Å²) < 4.78 is 10.6. The maximum absolute atomic E-state index is 8.38. The van der Waals surface area contributed by atoms with Crippen LogP contribution in [-0.4, -0.2) is 6.61 Å². The lowest BCUT2D eigenvalue weighted by Crippen LogP contribution is -1.94. The number of nitrogens with zero attached hydrogens (tertiary/aromatic N) is 1. The van der Waals surface area contributed by atoms with Crippen molar-refractivity contribution in [2.45, 2.75) is 6.42 Å². The molecule has 82 valence electrons. The second-order valence-corrected chi connectivity index (χ2v) is 3.83. The topological polar surface area (TPSA) is 46.2 Å². The van der Waals surface area contributed by atoms with E-state index in [1.54, 1.807) is 18.2 Å². The fraction of sp³-hybridized carbons (Fsp3) is 0.182. The minimum Gasteiger partial charge on any atom is -0.492 e. The van der Waals surface area contributed by atoms with Crippen LogP contribution in [0.3, 0.4) is 0 Å². The van der Waals surface area contributed by atoms with E-state index < -0.39 is 0 Å². The molecule has 5 heteroatoms. The number of halogens is 2. The first-order valence-corrected chi connectivity index (χ1v) is 5.35. The molecule has 0 aliphatic rings. The predicted molar refractivity (Wildman–Crippen MR) is 62.0 cm³/mol. The average molecular weight is 256 g/mol. The number of rotatable bonds is 3. The van der Waals surface area contributed by atoms with Gasteiger partial charge in [0.05, 0.1) is 12.5 Å². The van der Waals surface area contributed by atoms with Gasteiger partial charge >= 0.3 is 0 Å². The lowest BCUT2D eigenvalue weighted by molar-refractivity contribution is 0.327. The summed E-state index contributed by atoms with van der Waals surface area (Å²) in [7, 11) is 0. The molecule has 2 aromatic rings. The van der Waals surface area contributed by atoms with E-state index in [0.717, 1.165) is 0 Å². The van der Waals surface area contributed by atoms with E-state index in [9.17, 15) is 0 Å². The van der Waals surface area contributed by atoms with Crippen molar-refractivity contribution in [3.05, 3.63) is 28.4 Å². The molecule has 0 amide bonds. The molecular formula is C11H7Cl2NO2. The lowest BCUT2D eigenvalue weighted by Gasteiger charge is -2.02. The number of fused-ring (bicyclic) bond motifs is 1. The molecule has 0 saturated carbocycles. The van der Waals surface area contributed by atoms with Gasteiger partial charge in [0.1, 0.15) is 23.0 Å². The van der Waals surface area contributed by atoms with Crippen molar-refractivity contribution in [2.75, 3.05) is 6.61 Å². The smallest absolute Gasteiger partial charge is 0.213 e. The molecule has 1 aromatic carbocycles. The summed E-state index contributed by atoms with van der Waals surface area (Å²) in [6.07, 6.45) is 0.345. The molecule has 1 aromatic heterocycles. The molecule has 0 N–H and O–H groups in total. The SMILES string of the molecule is N#CCCOc1ccc2oc(Cl)c(Cl)c2c1. The van der Waals surface area contributed by atoms with Crippen LogP contribution in [-0.2, 0) is 0 Å². The summed E-state index contributed by atoms with van der Waals surface area (Å²) in [5.74, 6) is 0.641. The maximum atomic E-state index is 8.38. The molecule has 1 heterocycles. The Balaban J connectivity index is 2.29. The quantitative estimate of drug-likeness (QED) is 0.778. The first kappa shape index (κ1) is 11.1. The molecule has 0 unspecified atom stereocenters. The number of hydrogen-bond acceptors (Lipinski definition) is 3. The Morgan fingerprint density at radius 1 is 1.38 bits per heavy atom. The Morgan fingerprint density at radius 3 is 2.94 bits per heavy atom. The molecule has 0 saturated heterocycles. The zero-order valence-corrected chi connectivity index (χ0v) is 9.68. The first-order valence-electron chi connectivity index (χ1n) is 4.59. The van der Waals surface area contributed by atoms with Gasteiger partial charge in [-0.2, -0.15) is 5.26 Å². The molecule has 0 radical (unpaired) electrons. The second-order valence-electron chi connectivity index (χ2n) is 3.10. The van der Waals surface area contributed by atoms with Crippen molar-refractivity contribution in [1.82, 2.24) is 0 Å². The van der Waals surface area contributed by atoms with Crippen molar-refractivity contribution in [3.8, 4) is 11.8 Å². The molecule has 16 heavy (non-hydrogen) atoms. The predicted octanol–water partition coefficient (Wildman–Crippen LogP) is 4.03. The van der Waals surface area contributed by atoms with Gasteiger partial charge in [0.25, 0.3) is 0 Å². The summed E-state index contributed by atoms with van der Waals surface area (Å²) in [5, 5.41) is 9.64. The Kier molecular flexibility index (Phi) is 3.23. The number of benzene rings is 1. The number of furan rings is 1. The fourth-order valence-corrected chi connectivity index (χ4v) is 1.69. The van der Waals surface area contributed by atoms with Crippen LogP contribution in [0.5, 0.6) is 5.75 Å². The van der Waals surface area contributed by atoms with Crippen LogP contribution in [0.1, 0.15) is 6.42 Å². The number of ether oxygens (including phenoxy) is 1. The van der Waals surface area contributed by atoms with Crippen molar-refractivity contribution in [3.63, 3.8) is 0 Å². The van der Waals surface area contributed by atoms with Crippen LogP contribution in [0, 0.1) is 11.3 Å². The summed E-state index contributed by atoms with van der Waals surface area (Å²) in [6.45, 7) is 0.352. The van der Waals surface area contributed by atoms with Crippen LogP contribution in [0.2, 0.25) is 10.2 Å². The van der Waals surface area contributed by atoms with Crippen molar-refractivity contribution >= 4 is 34.2 Å². The lowest BCUT2D eigenvalue weighted by atomic mass is 10.2. The largest absolute Gasteiger partial charge is 0.492 e. The van der Waals surface area contributed by atoms with E-state index in [1.807, 2.05) is 6.07 Å². The highest BCUT2D eigenvalue weighted by Crippen LogP contribution is 2.35. The minimum atomic E-state index is 0.172. The number of nitriles is 1. The molecule has 2 rings (SSSR count). The van der Waals surface area contributed by atoms with Gasteiger partial charge in [0, 0.05) is 5.39 Å². The highest BCUT2D eigenvalue weighted by Gasteiger charge is 2.10. The molecule has 0 bridgehead atoms. The third-order valence-corrected chi connectivity index (χ3v) is 2.78.